The Morgan fingerprint density at radius 3 is 2.71 bits per heavy atom. The number of carbonyl (C=O) groups excluding carboxylic acids is 1. The van der Waals surface area contributed by atoms with Crippen LogP contribution in [0.4, 0.5) is 0 Å². The van der Waals surface area contributed by atoms with Gasteiger partial charge in [0, 0.05) is 23.5 Å². The molecule has 1 fully saturated rings. The SMILES string of the molecule is O=C(Cc1ccc(Cl)cc1)N1CCC[C@H]1CCl. The lowest BCUT2D eigenvalue weighted by Crippen LogP contribution is -2.37. The van der Waals surface area contributed by atoms with Gasteiger partial charge in [-0.1, -0.05) is 23.7 Å². The summed E-state index contributed by atoms with van der Waals surface area (Å²) < 4.78 is 0. The molecule has 0 saturated carbocycles. The molecule has 4 heteroatoms. The molecule has 1 aromatic carbocycles. The molecule has 0 bridgehead atoms. The number of halogens is 2. The normalized spacial score (nSPS) is 19.6. The van der Waals surface area contributed by atoms with Crippen LogP contribution in [0.3, 0.4) is 0 Å². The molecule has 1 aliphatic heterocycles. The third-order valence-electron chi connectivity index (χ3n) is 3.14. The third-order valence-corrected chi connectivity index (χ3v) is 3.75. The Balaban J connectivity index is 1.99. The van der Waals surface area contributed by atoms with E-state index >= 15 is 0 Å². The maximum atomic E-state index is 12.1. The minimum absolute atomic E-state index is 0.162. The smallest absolute Gasteiger partial charge is 0.227 e. The molecule has 0 aliphatic carbocycles. The van der Waals surface area contributed by atoms with Crippen LogP contribution >= 0.6 is 23.2 Å². The van der Waals surface area contributed by atoms with E-state index in [1.54, 1.807) is 0 Å². The van der Waals surface area contributed by atoms with Crippen molar-refractivity contribution in [2.75, 3.05) is 12.4 Å². The molecule has 1 saturated heterocycles. The number of benzene rings is 1. The molecule has 0 spiro atoms. The highest BCUT2D eigenvalue weighted by atomic mass is 35.5. The topological polar surface area (TPSA) is 20.3 Å². The number of amides is 1. The molecule has 0 N–H and O–H groups in total. The zero-order chi connectivity index (χ0) is 12.3. The van der Waals surface area contributed by atoms with E-state index in [1.807, 2.05) is 29.2 Å². The van der Waals surface area contributed by atoms with E-state index in [-0.39, 0.29) is 11.9 Å². The van der Waals surface area contributed by atoms with Gasteiger partial charge in [-0.05, 0) is 30.5 Å². The van der Waals surface area contributed by atoms with E-state index in [0.717, 1.165) is 24.9 Å². The van der Waals surface area contributed by atoms with Gasteiger partial charge in [0.25, 0.3) is 0 Å². The molecule has 17 heavy (non-hydrogen) atoms. The van der Waals surface area contributed by atoms with Gasteiger partial charge in [-0.2, -0.15) is 0 Å². The van der Waals surface area contributed by atoms with Crippen LogP contribution in [0.1, 0.15) is 18.4 Å². The molecule has 1 heterocycles. The molecule has 92 valence electrons. The van der Waals surface area contributed by atoms with Gasteiger partial charge < -0.3 is 4.90 Å². The summed E-state index contributed by atoms with van der Waals surface area (Å²) in [4.78, 5) is 14.0. The summed E-state index contributed by atoms with van der Waals surface area (Å²) in [6.45, 7) is 0.837. The van der Waals surface area contributed by atoms with Crippen molar-refractivity contribution in [3.8, 4) is 0 Å². The van der Waals surface area contributed by atoms with Crippen LogP contribution in [0.25, 0.3) is 0 Å². The fourth-order valence-electron chi connectivity index (χ4n) is 2.20. The van der Waals surface area contributed by atoms with Crippen molar-refractivity contribution in [1.82, 2.24) is 4.90 Å². The molecule has 2 rings (SSSR count). The van der Waals surface area contributed by atoms with Crippen LogP contribution in [-0.2, 0) is 11.2 Å². The van der Waals surface area contributed by atoms with Gasteiger partial charge in [0.1, 0.15) is 0 Å². The van der Waals surface area contributed by atoms with E-state index in [0.29, 0.717) is 17.3 Å². The zero-order valence-electron chi connectivity index (χ0n) is 9.53. The van der Waals surface area contributed by atoms with Crippen molar-refractivity contribution >= 4 is 29.1 Å². The first-order valence-electron chi connectivity index (χ1n) is 5.80. The minimum Gasteiger partial charge on any atom is -0.338 e. The van der Waals surface area contributed by atoms with Crippen LogP contribution in [-0.4, -0.2) is 29.3 Å². The zero-order valence-corrected chi connectivity index (χ0v) is 11.0. The van der Waals surface area contributed by atoms with Crippen LogP contribution in [0, 0.1) is 0 Å². The van der Waals surface area contributed by atoms with Gasteiger partial charge in [-0.3, -0.25) is 4.79 Å². The highest BCUT2D eigenvalue weighted by molar-refractivity contribution is 6.30. The van der Waals surface area contributed by atoms with E-state index in [2.05, 4.69) is 0 Å². The summed E-state index contributed by atoms with van der Waals surface area (Å²) in [6.07, 6.45) is 2.52. The molecular formula is C13H15Cl2NO. The Hall–Kier alpha value is -0.730. The van der Waals surface area contributed by atoms with E-state index < -0.39 is 0 Å². The van der Waals surface area contributed by atoms with Crippen LogP contribution in [0.15, 0.2) is 24.3 Å². The van der Waals surface area contributed by atoms with Gasteiger partial charge in [0.15, 0.2) is 0 Å². The Kier molecular flexibility index (Phi) is 4.30. The van der Waals surface area contributed by atoms with Crippen molar-refractivity contribution in [2.45, 2.75) is 25.3 Å². The average Bonchev–Trinajstić information content (AvgIpc) is 2.80. The average molecular weight is 272 g/mol. The maximum absolute atomic E-state index is 12.1. The second kappa shape index (κ2) is 5.74. The Morgan fingerprint density at radius 2 is 2.06 bits per heavy atom. The van der Waals surface area contributed by atoms with Crippen LogP contribution < -0.4 is 0 Å². The van der Waals surface area contributed by atoms with Crippen LogP contribution in [0.5, 0.6) is 0 Å². The fraction of sp³-hybridized carbons (Fsp3) is 0.462. The second-order valence-electron chi connectivity index (χ2n) is 4.34. The molecule has 1 aliphatic rings. The molecule has 0 aromatic heterocycles. The van der Waals surface area contributed by atoms with Crippen molar-refractivity contribution in [1.29, 1.82) is 0 Å². The summed E-state index contributed by atoms with van der Waals surface area (Å²) >= 11 is 11.7. The molecule has 2 nitrogen and oxygen atoms in total. The first kappa shape index (κ1) is 12.7. The van der Waals surface area contributed by atoms with E-state index in [1.165, 1.54) is 0 Å². The summed E-state index contributed by atoms with van der Waals surface area (Å²) in [5.41, 5.74) is 1.000. The number of rotatable bonds is 3. The number of carbonyl (C=O) groups is 1. The lowest BCUT2D eigenvalue weighted by Gasteiger charge is -2.22. The maximum Gasteiger partial charge on any atom is 0.227 e. The van der Waals surface area contributed by atoms with Crippen molar-refractivity contribution in [3.63, 3.8) is 0 Å². The third kappa shape index (κ3) is 3.14. The Labute approximate surface area is 112 Å². The standard InChI is InChI=1S/C13H15Cl2NO/c14-9-12-2-1-7-16(12)13(17)8-10-3-5-11(15)6-4-10/h3-6,12H,1-2,7-9H2/t12-/m0/s1. The number of hydrogen-bond acceptors (Lipinski definition) is 1. The quantitative estimate of drug-likeness (QED) is 0.774. The summed E-state index contributed by atoms with van der Waals surface area (Å²) in [5, 5.41) is 0.695. The number of alkyl halides is 1. The first-order chi connectivity index (χ1) is 8.20. The monoisotopic (exact) mass is 271 g/mol. The molecule has 0 unspecified atom stereocenters. The molecule has 1 aromatic rings. The molecule has 0 radical (unpaired) electrons. The number of hydrogen-bond donors (Lipinski definition) is 0. The summed E-state index contributed by atoms with van der Waals surface area (Å²) in [6, 6.07) is 7.63. The Morgan fingerprint density at radius 1 is 1.35 bits per heavy atom. The minimum atomic E-state index is 0.162. The largest absolute Gasteiger partial charge is 0.338 e. The fourth-order valence-corrected chi connectivity index (χ4v) is 2.65. The molecule has 1 atom stereocenters. The van der Waals surface area contributed by atoms with Crippen molar-refractivity contribution in [2.24, 2.45) is 0 Å². The predicted octanol–water partition coefficient (Wildman–Crippen LogP) is 3.11. The summed E-state index contributed by atoms with van der Waals surface area (Å²) in [5.74, 6) is 0.697. The van der Waals surface area contributed by atoms with E-state index in [9.17, 15) is 4.79 Å². The van der Waals surface area contributed by atoms with Crippen molar-refractivity contribution in [3.05, 3.63) is 34.9 Å². The highest BCUT2D eigenvalue weighted by Crippen LogP contribution is 2.20. The van der Waals surface area contributed by atoms with Crippen molar-refractivity contribution < 1.29 is 4.79 Å². The van der Waals surface area contributed by atoms with E-state index in [4.69, 9.17) is 23.2 Å². The van der Waals surface area contributed by atoms with Gasteiger partial charge in [-0.15, -0.1) is 11.6 Å². The summed E-state index contributed by atoms with van der Waals surface area (Å²) in [7, 11) is 0. The van der Waals surface area contributed by atoms with Gasteiger partial charge >= 0.3 is 0 Å². The van der Waals surface area contributed by atoms with Gasteiger partial charge in [-0.25, -0.2) is 0 Å². The van der Waals surface area contributed by atoms with Gasteiger partial charge in [0.2, 0.25) is 5.91 Å². The number of likely N-dealkylation sites (tertiary alicyclic amines) is 1. The first-order valence-corrected chi connectivity index (χ1v) is 6.72. The Bertz CT molecular complexity index is 391. The molecular weight excluding hydrogens is 257 g/mol. The second-order valence-corrected chi connectivity index (χ2v) is 5.09. The van der Waals surface area contributed by atoms with Gasteiger partial charge in [0.05, 0.1) is 6.42 Å². The lowest BCUT2D eigenvalue weighted by molar-refractivity contribution is -0.130. The van der Waals surface area contributed by atoms with Crippen LogP contribution in [0.2, 0.25) is 5.02 Å². The number of nitrogens with zero attached hydrogens (tertiary/aromatic N) is 1. The lowest BCUT2D eigenvalue weighted by atomic mass is 10.1. The highest BCUT2D eigenvalue weighted by Gasteiger charge is 2.27. The molecule has 1 amide bonds. The predicted molar refractivity (Wildman–Crippen MR) is 70.6 cm³/mol.